The number of halogens is 1. The first-order valence-corrected chi connectivity index (χ1v) is 13.1. The van der Waals surface area contributed by atoms with E-state index in [4.69, 9.17) is 4.74 Å². The normalized spacial score (nSPS) is 21.9. The molecule has 0 saturated heterocycles. The molecule has 2 aliphatic carbocycles. The molecule has 11 nitrogen and oxygen atoms in total. The van der Waals surface area contributed by atoms with E-state index in [2.05, 4.69) is 42.1 Å². The average Bonchev–Trinajstić information content (AvgIpc) is 3.37. The molecule has 5 aromatic rings. The Bertz CT molecular complexity index is 1700. The Hall–Kier alpha value is -4.48. The van der Waals surface area contributed by atoms with Gasteiger partial charge in [0.05, 0.1) is 17.9 Å². The highest BCUT2D eigenvalue weighted by Crippen LogP contribution is 2.40. The highest BCUT2D eigenvalue weighted by molar-refractivity contribution is 5.93. The molecule has 2 aliphatic rings. The molecule has 4 aromatic heterocycles. The van der Waals surface area contributed by atoms with E-state index >= 15 is 4.39 Å². The van der Waals surface area contributed by atoms with Crippen LogP contribution in [0.2, 0.25) is 0 Å². The molecular formula is C27H28FN9O2. The fraction of sp³-hybridized carbons (Fsp3) is 0.370. The van der Waals surface area contributed by atoms with Crippen molar-refractivity contribution in [3.8, 4) is 11.1 Å². The van der Waals surface area contributed by atoms with Gasteiger partial charge in [0.15, 0.2) is 11.6 Å². The third kappa shape index (κ3) is 4.25. The van der Waals surface area contributed by atoms with Crippen molar-refractivity contribution >= 4 is 34.1 Å². The van der Waals surface area contributed by atoms with Crippen LogP contribution in [0.15, 0.2) is 49.1 Å². The molecule has 3 atom stereocenters. The number of alkyl halides is 1. The van der Waals surface area contributed by atoms with Crippen LogP contribution in [0.3, 0.4) is 0 Å². The van der Waals surface area contributed by atoms with Gasteiger partial charge in [-0.25, -0.2) is 18.7 Å². The predicted molar refractivity (Wildman–Crippen MR) is 142 cm³/mol. The van der Waals surface area contributed by atoms with Gasteiger partial charge in [0.25, 0.3) is 0 Å². The van der Waals surface area contributed by atoms with Crippen LogP contribution in [0.25, 0.3) is 27.5 Å². The van der Waals surface area contributed by atoms with Gasteiger partial charge in [-0.1, -0.05) is 6.07 Å². The number of carbonyl (C=O) groups is 1. The standard InChI is InChI=1S/C27H28FN9O2/c1-27(7-8-27)33-26(38)39-21-6-4-17(23(21)28)19-12-22(35-34-19)32-25-24-18(14-31-37(24)10-9-29-25)15-3-5-20-16(11-15)13-30-36(20)2/h3,5,9-14,17,21,23H,4,6-8H2,1-2H3,(H,33,38)(H2,29,32,34,35)/t17-,21-,23+/m0/s1. The van der Waals surface area contributed by atoms with Gasteiger partial charge in [0.2, 0.25) is 0 Å². The number of rotatable bonds is 6. The predicted octanol–water partition coefficient (Wildman–Crippen LogP) is 4.61. The molecule has 7 rings (SSSR count). The number of amides is 1. The maximum Gasteiger partial charge on any atom is 0.407 e. The smallest absolute Gasteiger partial charge is 0.407 e. The van der Waals surface area contributed by atoms with Crippen LogP contribution in [-0.4, -0.2) is 58.5 Å². The van der Waals surface area contributed by atoms with Gasteiger partial charge in [-0.3, -0.25) is 9.78 Å². The summed E-state index contributed by atoms with van der Waals surface area (Å²) in [6, 6.07) is 7.93. The van der Waals surface area contributed by atoms with Crippen LogP contribution in [0.4, 0.5) is 20.8 Å². The van der Waals surface area contributed by atoms with E-state index in [1.54, 1.807) is 23.0 Å². The van der Waals surface area contributed by atoms with E-state index in [1.165, 1.54) is 0 Å². The summed E-state index contributed by atoms with van der Waals surface area (Å²) in [5.74, 6) is 0.642. The molecule has 0 bridgehead atoms. The maximum absolute atomic E-state index is 15.3. The number of ether oxygens (including phenoxy) is 1. The number of hydrogen-bond donors (Lipinski definition) is 3. The summed E-state index contributed by atoms with van der Waals surface area (Å²) in [5.41, 5.74) is 4.17. The molecule has 2 fully saturated rings. The number of aromatic amines is 1. The highest BCUT2D eigenvalue weighted by atomic mass is 19.1. The SMILES string of the molecule is Cn1ncc2cc(-c3cnn4ccnc(Nc5cc([C@@H]6CC[C@H](OC(=O)NC7(C)CC7)[C@@H]6F)[nH]n5)c34)ccc21. The van der Waals surface area contributed by atoms with Crippen molar-refractivity contribution < 1.29 is 13.9 Å². The monoisotopic (exact) mass is 529 g/mol. The Kier molecular flexibility index (Phi) is 5.32. The van der Waals surface area contributed by atoms with Crippen LogP contribution in [0.5, 0.6) is 0 Å². The molecule has 3 N–H and O–H groups in total. The van der Waals surface area contributed by atoms with Crippen LogP contribution >= 0.6 is 0 Å². The van der Waals surface area contributed by atoms with Crippen molar-refractivity contribution in [1.29, 1.82) is 0 Å². The third-order valence-corrected chi connectivity index (χ3v) is 7.90. The summed E-state index contributed by atoms with van der Waals surface area (Å²) in [6.07, 6.45) is 7.29. The lowest BCUT2D eigenvalue weighted by molar-refractivity contribution is 0.0546. The zero-order valence-corrected chi connectivity index (χ0v) is 21.6. The number of alkyl carbamates (subject to hydrolysis) is 1. The van der Waals surface area contributed by atoms with Crippen molar-refractivity contribution in [2.45, 2.75) is 56.3 Å². The fourth-order valence-electron chi connectivity index (χ4n) is 5.39. The number of fused-ring (bicyclic) bond motifs is 2. The molecule has 0 spiro atoms. The summed E-state index contributed by atoms with van der Waals surface area (Å²) >= 11 is 0. The first-order chi connectivity index (χ1) is 18.9. The minimum absolute atomic E-state index is 0.206. The Balaban J connectivity index is 1.11. The fourth-order valence-corrected chi connectivity index (χ4v) is 5.39. The molecule has 0 radical (unpaired) electrons. The van der Waals surface area contributed by atoms with E-state index in [9.17, 15) is 4.79 Å². The second kappa shape index (κ2) is 8.79. The molecule has 4 heterocycles. The molecule has 0 aliphatic heterocycles. The molecule has 2 saturated carbocycles. The van der Waals surface area contributed by atoms with Gasteiger partial charge in [-0.15, -0.1) is 0 Å². The van der Waals surface area contributed by atoms with Crippen LogP contribution in [-0.2, 0) is 11.8 Å². The zero-order valence-electron chi connectivity index (χ0n) is 21.6. The van der Waals surface area contributed by atoms with Crippen molar-refractivity contribution in [3.63, 3.8) is 0 Å². The number of benzene rings is 1. The first-order valence-electron chi connectivity index (χ1n) is 13.1. The zero-order chi connectivity index (χ0) is 26.7. The minimum Gasteiger partial charge on any atom is -0.443 e. The largest absolute Gasteiger partial charge is 0.443 e. The van der Waals surface area contributed by atoms with Gasteiger partial charge < -0.3 is 15.4 Å². The van der Waals surface area contributed by atoms with E-state index in [0.717, 1.165) is 40.4 Å². The van der Waals surface area contributed by atoms with E-state index in [-0.39, 0.29) is 5.54 Å². The Morgan fingerprint density at radius 3 is 2.92 bits per heavy atom. The number of aryl methyl sites for hydroxylation is 1. The number of anilines is 2. The van der Waals surface area contributed by atoms with Gasteiger partial charge in [0, 0.05) is 53.6 Å². The molecule has 39 heavy (non-hydrogen) atoms. The van der Waals surface area contributed by atoms with Crippen molar-refractivity contribution in [2.75, 3.05) is 5.32 Å². The lowest BCUT2D eigenvalue weighted by Gasteiger charge is -2.19. The van der Waals surface area contributed by atoms with Crippen LogP contribution < -0.4 is 10.6 Å². The third-order valence-electron chi connectivity index (χ3n) is 7.90. The number of carbonyl (C=O) groups excluding carboxylic acids is 1. The summed E-state index contributed by atoms with van der Waals surface area (Å²) < 4.78 is 24.3. The second-order valence-electron chi connectivity index (χ2n) is 10.8. The van der Waals surface area contributed by atoms with E-state index < -0.39 is 24.3 Å². The Morgan fingerprint density at radius 1 is 1.21 bits per heavy atom. The van der Waals surface area contributed by atoms with Crippen LogP contribution in [0.1, 0.15) is 44.2 Å². The number of nitrogens with one attached hydrogen (secondary N) is 3. The summed E-state index contributed by atoms with van der Waals surface area (Å²) in [5, 5.41) is 23.3. The molecule has 1 amide bonds. The summed E-state index contributed by atoms with van der Waals surface area (Å²) in [6.45, 7) is 1.96. The minimum atomic E-state index is -1.32. The Morgan fingerprint density at radius 2 is 2.08 bits per heavy atom. The number of H-pyrrole nitrogens is 1. The maximum atomic E-state index is 15.3. The highest BCUT2D eigenvalue weighted by Gasteiger charge is 2.43. The molecule has 200 valence electrons. The second-order valence-corrected chi connectivity index (χ2v) is 10.8. The van der Waals surface area contributed by atoms with Gasteiger partial charge >= 0.3 is 6.09 Å². The number of hydrogen-bond acceptors (Lipinski definition) is 7. The van der Waals surface area contributed by atoms with E-state index in [0.29, 0.717) is 30.2 Å². The quantitative estimate of drug-likeness (QED) is 0.293. The summed E-state index contributed by atoms with van der Waals surface area (Å²) in [7, 11) is 1.91. The Labute approximate surface area is 222 Å². The molecular weight excluding hydrogens is 501 g/mol. The van der Waals surface area contributed by atoms with Gasteiger partial charge in [-0.2, -0.15) is 15.3 Å². The molecule has 0 unspecified atom stereocenters. The number of nitrogens with zero attached hydrogens (tertiary/aromatic N) is 6. The van der Waals surface area contributed by atoms with Crippen molar-refractivity contribution in [2.24, 2.45) is 7.05 Å². The van der Waals surface area contributed by atoms with Crippen molar-refractivity contribution in [1.82, 2.24) is 39.9 Å². The molecule has 1 aromatic carbocycles. The lowest BCUT2D eigenvalue weighted by Crippen LogP contribution is -2.38. The average molecular weight is 530 g/mol. The van der Waals surface area contributed by atoms with Crippen LogP contribution in [0, 0.1) is 0 Å². The van der Waals surface area contributed by atoms with Crippen molar-refractivity contribution in [3.05, 3.63) is 54.7 Å². The molecule has 12 heteroatoms. The topological polar surface area (TPSA) is 127 Å². The summed E-state index contributed by atoms with van der Waals surface area (Å²) in [4.78, 5) is 16.7. The lowest BCUT2D eigenvalue weighted by atomic mass is 10.0. The van der Waals surface area contributed by atoms with Gasteiger partial charge in [0.1, 0.15) is 17.8 Å². The van der Waals surface area contributed by atoms with Gasteiger partial charge in [-0.05, 0) is 50.3 Å². The first kappa shape index (κ1) is 23.6. The van der Waals surface area contributed by atoms with E-state index in [1.807, 2.05) is 43.2 Å². The number of aromatic nitrogens is 7.